The Morgan fingerprint density at radius 1 is 1.00 bits per heavy atom. The molecule has 0 aliphatic rings. The lowest BCUT2D eigenvalue weighted by molar-refractivity contribution is 0.399. The third kappa shape index (κ3) is 4.72. The highest BCUT2D eigenvalue weighted by atomic mass is 32.2. The van der Waals surface area contributed by atoms with E-state index in [9.17, 15) is 18.1 Å². The number of para-hydroxylation sites is 3. The van der Waals surface area contributed by atoms with E-state index in [1.165, 1.54) is 18.2 Å². The number of hydrogen-bond donors (Lipinski definition) is 2. The predicted molar refractivity (Wildman–Crippen MR) is 92.3 cm³/mol. The van der Waals surface area contributed by atoms with Crippen molar-refractivity contribution in [1.29, 1.82) is 0 Å². The van der Waals surface area contributed by atoms with Crippen LogP contribution in [0.3, 0.4) is 0 Å². The zero-order valence-electron chi connectivity index (χ0n) is 13.6. The maximum atomic E-state index is 11.7. The van der Waals surface area contributed by atoms with E-state index in [1.807, 2.05) is 0 Å². The molecular formula is C18H22O5S. The Bertz CT molecular complexity index is 784. The third-order valence-electron chi connectivity index (χ3n) is 3.72. The second-order valence-corrected chi connectivity index (χ2v) is 6.99. The van der Waals surface area contributed by atoms with Gasteiger partial charge >= 0.3 is 0 Å². The SMILES string of the molecule is CCCCCCc1cccc(S(=O)(=O)O)c1Oc1ccccc1O. The molecule has 0 heterocycles. The van der Waals surface area contributed by atoms with Crippen LogP contribution in [0.4, 0.5) is 0 Å². The molecule has 0 fully saturated rings. The van der Waals surface area contributed by atoms with Gasteiger partial charge in [0.25, 0.3) is 10.1 Å². The molecule has 2 N–H and O–H groups in total. The van der Waals surface area contributed by atoms with Gasteiger partial charge in [0.2, 0.25) is 0 Å². The van der Waals surface area contributed by atoms with E-state index in [1.54, 1.807) is 24.3 Å². The van der Waals surface area contributed by atoms with E-state index in [4.69, 9.17) is 4.74 Å². The van der Waals surface area contributed by atoms with Gasteiger partial charge in [-0.2, -0.15) is 8.42 Å². The Hall–Kier alpha value is -2.05. The molecule has 0 saturated heterocycles. The summed E-state index contributed by atoms with van der Waals surface area (Å²) >= 11 is 0. The summed E-state index contributed by atoms with van der Waals surface area (Å²) in [5, 5.41) is 9.87. The quantitative estimate of drug-likeness (QED) is 0.539. The van der Waals surface area contributed by atoms with Crippen LogP contribution in [0.2, 0.25) is 0 Å². The van der Waals surface area contributed by atoms with Crippen LogP contribution in [0, 0.1) is 0 Å². The molecular weight excluding hydrogens is 328 g/mol. The van der Waals surface area contributed by atoms with Crippen LogP contribution in [0.25, 0.3) is 0 Å². The summed E-state index contributed by atoms with van der Waals surface area (Å²) in [6.07, 6.45) is 4.76. The maximum absolute atomic E-state index is 11.7. The Morgan fingerprint density at radius 3 is 2.42 bits per heavy atom. The van der Waals surface area contributed by atoms with E-state index < -0.39 is 10.1 Å². The predicted octanol–water partition coefficient (Wildman–Crippen LogP) is 4.55. The molecule has 0 bridgehead atoms. The van der Waals surface area contributed by atoms with Crippen LogP contribution >= 0.6 is 0 Å². The molecule has 2 aromatic carbocycles. The monoisotopic (exact) mass is 350 g/mol. The molecule has 0 radical (unpaired) electrons. The molecule has 0 aromatic heterocycles. The Balaban J connectivity index is 2.39. The van der Waals surface area contributed by atoms with Gasteiger partial charge in [-0.15, -0.1) is 0 Å². The van der Waals surface area contributed by atoms with E-state index in [0.717, 1.165) is 25.7 Å². The molecule has 0 spiro atoms. The first-order valence-corrected chi connectivity index (χ1v) is 9.42. The van der Waals surface area contributed by atoms with Crippen molar-refractivity contribution in [2.75, 3.05) is 0 Å². The van der Waals surface area contributed by atoms with Crippen molar-refractivity contribution >= 4 is 10.1 Å². The minimum absolute atomic E-state index is 0.0676. The molecule has 2 rings (SSSR count). The molecule has 0 amide bonds. The summed E-state index contributed by atoms with van der Waals surface area (Å²) in [7, 11) is -4.43. The van der Waals surface area contributed by atoms with E-state index in [2.05, 4.69) is 6.92 Å². The van der Waals surface area contributed by atoms with Crippen LogP contribution < -0.4 is 4.74 Å². The number of ether oxygens (including phenoxy) is 1. The summed E-state index contributed by atoms with van der Waals surface area (Å²) in [5.41, 5.74) is 0.685. The van der Waals surface area contributed by atoms with E-state index in [-0.39, 0.29) is 22.1 Å². The van der Waals surface area contributed by atoms with E-state index >= 15 is 0 Å². The van der Waals surface area contributed by atoms with Gasteiger partial charge in [0.1, 0.15) is 4.90 Å². The van der Waals surface area contributed by atoms with Gasteiger partial charge < -0.3 is 9.84 Å². The fraction of sp³-hybridized carbons (Fsp3) is 0.333. The largest absolute Gasteiger partial charge is 0.504 e. The average molecular weight is 350 g/mol. The highest BCUT2D eigenvalue weighted by molar-refractivity contribution is 7.86. The molecule has 130 valence electrons. The molecule has 0 aliphatic carbocycles. The third-order valence-corrected chi connectivity index (χ3v) is 4.59. The first-order valence-electron chi connectivity index (χ1n) is 7.98. The summed E-state index contributed by atoms with van der Waals surface area (Å²) in [6.45, 7) is 2.12. The normalized spacial score (nSPS) is 11.4. The van der Waals surface area contributed by atoms with Crippen LogP contribution in [-0.2, 0) is 16.5 Å². The van der Waals surface area contributed by atoms with Crippen molar-refractivity contribution < 1.29 is 22.8 Å². The van der Waals surface area contributed by atoms with Gasteiger partial charge in [0, 0.05) is 0 Å². The minimum Gasteiger partial charge on any atom is -0.504 e. The number of rotatable bonds is 8. The molecule has 6 heteroatoms. The lowest BCUT2D eigenvalue weighted by Gasteiger charge is -2.15. The van der Waals surface area contributed by atoms with Crippen molar-refractivity contribution in [3.8, 4) is 17.2 Å². The van der Waals surface area contributed by atoms with Crippen LogP contribution in [-0.4, -0.2) is 18.1 Å². The Morgan fingerprint density at radius 2 is 1.75 bits per heavy atom. The number of aryl methyl sites for hydroxylation is 1. The molecule has 0 atom stereocenters. The Kier molecular flexibility index (Phi) is 6.23. The number of benzene rings is 2. The van der Waals surface area contributed by atoms with Gasteiger partial charge in [-0.1, -0.05) is 50.5 Å². The fourth-order valence-corrected chi connectivity index (χ4v) is 3.13. The smallest absolute Gasteiger partial charge is 0.298 e. The number of phenolic OH excluding ortho intramolecular Hbond substituents is 1. The molecule has 2 aromatic rings. The highest BCUT2D eigenvalue weighted by Gasteiger charge is 2.21. The van der Waals surface area contributed by atoms with Crippen LogP contribution in [0.5, 0.6) is 17.2 Å². The van der Waals surface area contributed by atoms with E-state index in [0.29, 0.717) is 12.0 Å². The summed E-state index contributed by atoms with van der Waals surface area (Å²) in [6, 6.07) is 10.9. The van der Waals surface area contributed by atoms with Crippen molar-refractivity contribution in [1.82, 2.24) is 0 Å². The first-order chi connectivity index (χ1) is 11.4. The maximum Gasteiger partial charge on any atom is 0.298 e. The first kappa shape index (κ1) is 18.3. The lowest BCUT2D eigenvalue weighted by Crippen LogP contribution is -2.04. The zero-order chi connectivity index (χ0) is 17.6. The molecule has 5 nitrogen and oxygen atoms in total. The molecule has 0 saturated carbocycles. The average Bonchev–Trinajstić information content (AvgIpc) is 2.53. The number of phenols is 1. The van der Waals surface area contributed by atoms with Gasteiger partial charge in [0.05, 0.1) is 0 Å². The zero-order valence-corrected chi connectivity index (χ0v) is 14.4. The van der Waals surface area contributed by atoms with Crippen molar-refractivity contribution in [3.05, 3.63) is 48.0 Å². The number of aromatic hydroxyl groups is 1. The lowest BCUT2D eigenvalue weighted by atomic mass is 10.1. The second kappa shape index (κ2) is 8.17. The van der Waals surface area contributed by atoms with Gasteiger partial charge in [-0.3, -0.25) is 4.55 Å². The second-order valence-electron chi connectivity index (χ2n) is 5.60. The Labute approximate surface area is 142 Å². The van der Waals surface area contributed by atoms with Crippen molar-refractivity contribution in [3.63, 3.8) is 0 Å². The van der Waals surface area contributed by atoms with Crippen molar-refractivity contribution in [2.24, 2.45) is 0 Å². The fourth-order valence-electron chi connectivity index (χ4n) is 2.47. The number of hydrogen-bond acceptors (Lipinski definition) is 4. The number of unbranched alkanes of at least 4 members (excludes halogenated alkanes) is 3. The topological polar surface area (TPSA) is 83.8 Å². The van der Waals surface area contributed by atoms with Gasteiger partial charge in [-0.25, -0.2) is 0 Å². The van der Waals surface area contributed by atoms with Gasteiger partial charge in [-0.05, 0) is 36.6 Å². The highest BCUT2D eigenvalue weighted by Crippen LogP contribution is 2.36. The van der Waals surface area contributed by atoms with Crippen LogP contribution in [0.15, 0.2) is 47.4 Å². The molecule has 0 unspecified atom stereocenters. The summed E-state index contributed by atoms with van der Waals surface area (Å²) in [4.78, 5) is -0.293. The minimum atomic E-state index is -4.43. The molecule has 0 aliphatic heterocycles. The van der Waals surface area contributed by atoms with Crippen molar-refractivity contribution in [2.45, 2.75) is 43.9 Å². The standard InChI is InChI=1S/C18H22O5S/c1-2-3-4-5-9-14-10-8-13-17(24(20,21)22)18(14)23-16-12-7-6-11-15(16)19/h6-8,10-13,19H,2-5,9H2,1H3,(H,20,21,22). The summed E-state index contributed by atoms with van der Waals surface area (Å²) in [5.74, 6) is 0.112. The molecule has 24 heavy (non-hydrogen) atoms. The van der Waals surface area contributed by atoms with Crippen LogP contribution in [0.1, 0.15) is 38.2 Å². The summed E-state index contributed by atoms with van der Waals surface area (Å²) < 4.78 is 38.5. The van der Waals surface area contributed by atoms with Gasteiger partial charge in [0.15, 0.2) is 17.2 Å².